The third-order valence-corrected chi connectivity index (χ3v) is 8.46. The minimum atomic E-state index is -4.95. The standard InChI is InChI=1S/C32H34F3NO10S2/c1-4-26-17-25(24-10-8-22(21-37)9-11-24)18-28(30(38)44-12-14-47(2,40)41)29(31(39)45-13-15-48(3,42)43)20-36(26)19-23-6-5-7-27(16-23)46-32(33,34)35/h4-11,16-18,20,26,37H,1,12-15,19,21H2,2-3H3. The number of ether oxygens (including phenoxy) is 3. The van der Waals surface area contributed by atoms with Crippen LogP contribution in [0, 0.1) is 0 Å². The fraction of sp³-hybridized carbons (Fsp3) is 0.312. The van der Waals surface area contributed by atoms with E-state index in [-0.39, 0.29) is 18.7 Å². The van der Waals surface area contributed by atoms with Crippen LogP contribution >= 0.6 is 0 Å². The summed E-state index contributed by atoms with van der Waals surface area (Å²) in [5, 5.41) is 9.51. The van der Waals surface area contributed by atoms with Crippen molar-refractivity contribution < 1.29 is 58.9 Å². The van der Waals surface area contributed by atoms with Gasteiger partial charge in [0.05, 0.1) is 35.3 Å². The number of carbonyl (C=O) groups is 2. The van der Waals surface area contributed by atoms with Crippen LogP contribution in [0.15, 0.2) is 90.7 Å². The van der Waals surface area contributed by atoms with Gasteiger partial charge in [0.1, 0.15) is 19.0 Å². The van der Waals surface area contributed by atoms with Gasteiger partial charge in [-0.05, 0) is 40.5 Å². The van der Waals surface area contributed by atoms with Crippen LogP contribution in [0.3, 0.4) is 0 Å². The highest BCUT2D eigenvalue weighted by Crippen LogP contribution is 2.30. The smallest absolute Gasteiger partial charge is 0.461 e. The second-order valence-electron chi connectivity index (χ2n) is 10.7. The van der Waals surface area contributed by atoms with Gasteiger partial charge in [-0.1, -0.05) is 48.6 Å². The second-order valence-corrected chi connectivity index (χ2v) is 15.2. The summed E-state index contributed by atoms with van der Waals surface area (Å²) in [5.41, 5.74) is 0.925. The molecule has 1 aliphatic heterocycles. The average Bonchev–Trinajstić information content (AvgIpc) is 2.97. The molecule has 260 valence electrons. The predicted octanol–water partition coefficient (Wildman–Crippen LogP) is 3.52. The molecule has 0 fully saturated rings. The highest BCUT2D eigenvalue weighted by atomic mass is 32.2. The van der Waals surface area contributed by atoms with Crippen LogP contribution < -0.4 is 4.74 Å². The van der Waals surface area contributed by atoms with Crippen molar-refractivity contribution in [3.63, 3.8) is 0 Å². The van der Waals surface area contributed by atoms with Crippen molar-refractivity contribution in [2.45, 2.75) is 25.6 Å². The summed E-state index contributed by atoms with van der Waals surface area (Å²) in [4.78, 5) is 28.5. The molecule has 1 heterocycles. The molecular formula is C32H34F3NO10S2. The monoisotopic (exact) mass is 713 g/mol. The Balaban J connectivity index is 2.21. The number of nitrogens with zero attached hydrogens (tertiary/aromatic N) is 1. The summed E-state index contributed by atoms with van der Waals surface area (Å²) < 4.78 is 100. The molecule has 1 atom stereocenters. The minimum Gasteiger partial charge on any atom is -0.461 e. The van der Waals surface area contributed by atoms with Crippen LogP contribution in [-0.2, 0) is 51.9 Å². The number of halogens is 3. The van der Waals surface area contributed by atoms with Crippen LogP contribution in [0.25, 0.3) is 5.57 Å². The van der Waals surface area contributed by atoms with Gasteiger partial charge in [-0.25, -0.2) is 26.4 Å². The first-order valence-electron chi connectivity index (χ1n) is 14.2. The van der Waals surface area contributed by atoms with E-state index in [1.54, 1.807) is 30.3 Å². The zero-order valence-electron chi connectivity index (χ0n) is 26.0. The first kappa shape index (κ1) is 38.0. The van der Waals surface area contributed by atoms with Crippen molar-refractivity contribution in [3.05, 3.63) is 107 Å². The molecule has 48 heavy (non-hydrogen) atoms. The van der Waals surface area contributed by atoms with Crippen molar-refractivity contribution in [1.82, 2.24) is 4.90 Å². The van der Waals surface area contributed by atoms with E-state index < -0.39 is 80.1 Å². The van der Waals surface area contributed by atoms with E-state index in [0.717, 1.165) is 24.6 Å². The molecule has 0 aromatic heterocycles. The highest BCUT2D eigenvalue weighted by Gasteiger charge is 2.32. The number of aliphatic hydroxyl groups is 1. The molecule has 0 spiro atoms. The Morgan fingerprint density at radius 3 is 2.02 bits per heavy atom. The second kappa shape index (κ2) is 16.1. The van der Waals surface area contributed by atoms with Crippen LogP contribution in [0.5, 0.6) is 5.75 Å². The van der Waals surface area contributed by atoms with Gasteiger partial charge in [-0.15, -0.1) is 19.8 Å². The molecule has 0 bridgehead atoms. The van der Waals surface area contributed by atoms with E-state index in [1.165, 1.54) is 35.4 Å². The Kier molecular flexibility index (Phi) is 12.8. The molecule has 1 aliphatic rings. The number of alkyl halides is 3. The first-order valence-corrected chi connectivity index (χ1v) is 18.3. The molecular weight excluding hydrogens is 679 g/mol. The summed E-state index contributed by atoms with van der Waals surface area (Å²) >= 11 is 0. The number of carbonyl (C=O) groups excluding carboxylic acids is 2. The quantitative estimate of drug-likeness (QED) is 0.226. The lowest BCUT2D eigenvalue weighted by Gasteiger charge is -2.30. The van der Waals surface area contributed by atoms with Gasteiger partial charge < -0.3 is 24.2 Å². The molecule has 0 amide bonds. The zero-order chi connectivity index (χ0) is 35.7. The van der Waals surface area contributed by atoms with Gasteiger partial charge in [-0.2, -0.15) is 0 Å². The van der Waals surface area contributed by atoms with Crippen molar-refractivity contribution in [2.75, 3.05) is 37.2 Å². The number of hydrogen-bond donors (Lipinski definition) is 1. The number of esters is 2. The summed E-state index contributed by atoms with van der Waals surface area (Å²) in [6.07, 6.45) is 2.58. The number of benzene rings is 2. The van der Waals surface area contributed by atoms with E-state index in [4.69, 9.17) is 9.47 Å². The molecule has 0 saturated carbocycles. The normalized spacial score (nSPS) is 15.7. The molecule has 1 unspecified atom stereocenters. The van der Waals surface area contributed by atoms with Crippen LogP contribution in [0.2, 0.25) is 0 Å². The molecule has 11 nitrogen and oxygen atoms in total. The molecule has 3 rings (SSSR count). The van der Waals surface area contributed by atoms with Gasteiger partial charge in [-0.3, -0.25) is 0 Å². The third kappa shape index (κ3) is 12.3. The Labute approximate surface area is 276 Å². The van der Waals surface area contributed by atoms with Gasteiger partial charge in [0.15, 0.2) is 19.7 Å². The molecule has 16 heteroatoms. The zero-order valence-corrected chi connectivity index (χ0v) is 27.6. The van der Waals surface area contributed by atoms with Crippen molar-refractivity contribution in [2.24, 2.45) is 0 Å². The lowest BCUT2D eigenvalue weighted by Crippen LogP contribution is -2.31. The van der Waals surface area contributed by atoms with E-state index in [0.29, 0.717) is 22.3 Å². The lowest BCUT2D eigenvalue weighted by atomic mass is 9.94. The summed E-state index contributed by atoms with van der Waals surface area (Å²) in [6, 6.07) is 10.8. The van der Waals surface area contributed by atoms with Crippen LogP contribution in [-0.4, -0.2) is 88.4 Å². The molecule has 1 N–H and O–H groups in total. The van der Waals surface area contributed by atoms with E-state index in [2.05, 4.69) is 11.3 Å². The molecule has 0 saturated heterocycles. The largest absolute Gasteiger partial charge is 0.573 e. The lowest BCUT2D eigenvalue weighted by molar-refractivity contribution is -0.274. The number of allylic oxidation sites excluding steroid dienone is 2. The predicted molar refractivity (Wildman–Crippen MR) is 171 cm³/mol. The van der Waals surface area contributed by atoms with Crippen LogP contribution in [0.4, 0.5) is 13.2 Å². The van der Waals surface area contributed by atoms with Gasteiger partial charge in [0.2, 0.25) is 0 Å². The SMILES string of the molecule is C=CC1C=C(c2ccc(CO)cc2)C=C(C(=O)OCCS(C)(=O)=O)C(C(=O)OCCS(C)(=O)=O)=CN1Cc1cccc(OC(F)(F)F)c1. The maximum absolute atomic E-state index is 13.6. The van der Waals surface area contributed by atoms with Gasteiger partial charge >= 0.3 is 18.3 Å². The number of rotatable bonds is 14. The summed E-state index contributed by atoms with van der Waals surface area (Å²) in [7, 11) is -7.09. The van der Waals surface area contributed by atoms with Crippen molar-refractivity contribution in [3.8, 4) is 5.75 Å². The van der Waals surface area contributed by atoms with Gasteiger partial charge in [0, 0.05) is 25.3 Å². The average molecular weight is 714 g/mol. The fourth-order valence-corrected chi connectivity index (χ4v) is 5.10. The Bertz CT molecular complexity index is 1810. The molecule has 0 aliphatic carbocycles. The molecule has 2 aromatic rings. The van der Waals surface area contributed by atoms with E-state index in [1.807, 2.05) is 0 Å². The Hall–Kier alpha value is -4.41. The van der Waals surface area contributed by atoms with E-state index in [9.17, 15) is 44.7 Å². The van der Waals surface area contributed by atoms with Crippen LogP contribution in [0.1, 0.15) is 16.7 Å². The van der Waals surface area contributed by atoms with Crippen molar-refractivity contribution in [1.29, 1.82) is 0 Å². The topological polar surface area (TPSA) is 154 Å². The van der Waals surface area contributed by atoms with E-state index >= 15 is 0 Å². The minimum absolute atomic E-state index is 0.157. The highest BCUT2D eigenvalue weighted by molar-refractivity contribution is 7.90. The maximum Gasteiger partial charge on any atom is 0.573 e. The maximum atomic E-state index is 13.6. The third-order valence-electron chi connectivity index (χ3n) is 6.64. The number of hydrogen-bond acceptors (Lipinski definition) is 11. The molecule has 0 radical (unpaired) electrons. The summed E-state index contributed by atoms with van der Waals surface area (Å²) in [6.45, 7) is 2.33. The first-order chi connectivity index (χ1) is 22.4. The fourth-order valence-electron chi connectivity index (χ4n) is 4.33. The van der Waals surface area contributed by atoms with Gasteiger partial charge in [0.25, 0.3) is 0 Å². The summed E-state index contributed by atoms with van der Waals surface area (Å²) in [5.74, 6) is -3.79. The Morgan fingerprint density at radius 2 is 1.50 bits per heavy atom. The number of aliphatic hydroxyl groups excluding tert-OH is 1. The Morgan fingerprint density at radius 1 is 0.917 bits per heavy atom. The molecule has 2 aromatic carbocycles. The number of sulfone groups is 2. The van der Waals surface area contributed by atoms with Crippen molar-refractivity contribution >= 4 is 37.2 Å².